The van der Waals surface area contributed by atoms with Gasteiger partial charge in [-0.3, -0.25) is 9.69 Å². The Bertz CT molecular complexity index is 595. The highest BCUT2D eigenvalue weighted by Crippen LogP contribution is 2.24. The molecule has 0 N–H and O–H groups in total. The second kappa shape index (κ2) is 5.37. The Morgan fingerprint density at radius 2 is 2.26 bits per heavy atom. The monoisotopic (exact) mass is 306 g/mol. The lowest BCUT2D eigenvalue weighted by Gasteiger charge is -2.13. The van der Waals surface area contributed by atoms with E-state index in [1.54, 1.807) is 6.26 Å². The molecule has 0 saturated carbocycles. The Morgan fingerprint density at radius 1 is 1.53 bits per heavy atom. The quantitative estimate of drug-likeness (QED) is 0.581. The Kier molecular flexibility index (Phi) is 3.99. The molecule has 7 nitrogen and oxygen atoms in total. The van der Waals surface area contributed by atoms with Crippen LogP contribution in [0.3, 0.4) is 0 Å². The van der Waals surface area contributed by atoms with Crippen molar-refractivity contribution >= 4 is 33.8 Å². The van der Waals surface area contributed by atoms with Crippen molar-refractivity contribution in [2.75, 3.05) is 23.5 Å². The SMILES string of the molecule is CSc1ncnc(N2CC(CS(=O)(=O)F)CC2=O)n1. The van der Waals surface area contributed by atoms with Gasteiger partial charge < -0.3 is 0 Å². The van der Waals surface area contributed by atoms with Crippen LogP contribution in [0.25, 0.3) is 0 Å². The summed E-state index contributed by atoms with van der Waals surface area (Å²) in [7, 11) is -4.59. The molecule has 104 valence electrons. The number of aromatic nitrogens is 3. The molecule has 0 bridgehead atoms. The zero-order valence-electron chi connectivity index (χ0n) is 9.98. The number of carbonyl (C=O) groups excluding carboxylic acids is 1. The molecular formula is C9H11FN4O3S2. The second-order valence-electron chi connectivity index (χ2n) is 4.05. The number of hydrogen-bond donors (Lipinski definition) is 0. The molecule has 1 aromatic rings. The summed E-state index contributed by atoms with van der Waals surface area (Å²) in [6, 6.07) is 0. The molecule has 10 heteroatoms. The number of thioether (sulfide) groups is 1. The minimum absolute atomic E-state index is 0.0244. The van der Waals surface area contributed by atoms with E-state index in [1.807, 2.05) is 0 Å². The van der Waals surface area contributed by atoms with Gasteiger partial charge >= 0.3 is 10.2 Å². The summed E-state index contributed by atoms with van der Waals surface area (Å²) in [6.45, 7) is 0.0970. The minimum atomic E-state index is -4.59. The van der Waals surface area contributed by atoms with E-state index >= 15 is 0 Å². The van der Waals surface area contributed by atoms with Crippen LogP contribution in [-0.2, 0) is 15.0 Å². The maximum atomic E-state index is 12.6. The maximum absolute atomic E-state index is 12.6. The topological polar surface area (TPSA) is 93.1 Å². The van der Waals surface area contributed by atoms with Gasteiger partial charge in [0.05, 0.1) is 5.75 Å². The highest BCUT2D eigenvalue weighted by molar-refractivity contribution is 7.98. The molecule has 1 aliphatic heterocycles. The van der Waals surface area contributed by atoms with Crippen molar-refractivity contribution in [1.29, 1.82) is 0 Å². The van der Waals surface area contributed by atoms with Gasteiger partial charge in [0.25, 0.3) is 0 Å². The van der Waals surface area contributed by atoms with Crippen molar-refractivity contribution in [2.24, 2.45) is 5.92 Å². The van der Waals surface area contributed by atoms with Crippen molar-refractivity contribution in [3.05, 3.63) is 6.33 Å². The van der Waals surface area contributed by atoms with E-state index in [0.29, 0.717) is 5.16 Å². The van der Waals surface area contributed by atoms with Crippen molar-refractivity contribution in [3.63, 3.8) is 0 Å². The van der Waals surface area contributed by atoms with E-state index in [0.717, 1.165) is 0 Å². The van der Waals surface area contributed by atoms with Crippen LogP contribution >= 0.6 is 11.8 Å². The summed E-state index contributed by atoms with van der Waals surface area (Å²) in [6.07, 6.45) is 3.04. The van der Waals surface area contributed by atoms with Crippen molar-refractivity contribution in [2.45, 2.75) is 11.6 Å². The summed E-state index contributed by atoms with van der Waals surface area (Å²) in [5.41, 5.74) is 0. The minimum Gasteiger partial charge on any atom is -0.280 e. The smallest absolute Gasteiger partial charge is 0.280 e. The van der Waals surface area contributed by atoms with Gasteiger partial charge in [-0.15, -0.1) is 3.89 Å². The van der Waals surface area contributed by atoms with E-state index in [4.69, 9.17) is 0 Å². The van der Waals surface area contributed by atoms with Gasteiger partial charge in [0.2, 0.25) is 11.9 Å². The van der Waals surface area contributed by atoms with Crippen LogP contribution < -0.4 is 4.90 Å². The molecule has 1 aliphatic rings. The molecule has 0 aliphatic carbocycles. The fourth-order valence-electron chi connectivity index (χ4n) is 1.87. The van der Waals surface area contributed by atoms with Crippen molar-refractivity contribution < 1.29 is 17.1 Å². The van der Waals surface area contributed by atoms with E-state index in [2.05, 4.69) is 15.0 Å². The van der Waals surface area contributed by atoms with Crippen LogP contribution in [0.5, 0.6) is 0 Å². The zero-order chi connectivity index (χ0) is 14.0. The van der Waals surface area contributed by atoms with E-state index in [1.165, 1.54) is 23.0 Å². The van der Waals surface area contributed by atoms with Crippen LogP contribution in [0.1, 0.15) is 6.42 Å². The zero-order valence-corrected chi connectivity index (χ0v) is 11.6. The van der Waals surface area contributed by atoms with Crippen LogP contribution in [-0.4, -0.2) is 47.8 Å². The fourth-order valence-corrected chi connectivity index (χ4v) is 2.98. The molecule has 2 rings (SSSR count). The third-order valence-electron chi connectivity index (χ3n) is 2.60. The highest BCUT2D eigenvalue weighted by atomic mass is 32.3. The normalized spacial score (nSPS) is 20.0. The third-order valence-corrected chi connectivity index (χ3v) is 4.03. The predicted octanol–water partition coefficient (Wildman–Crippen LogP) is 0.246. The molecular weight excluding hydrogens is 295 g/mol. The summed E-state index contributed by atoms with van der Waals surface area (Å²) < 4.78 is 33.8. The molecule has 1 unspecified atom stereocenters. The van der Waals surface area contributed by atoms with Crippen LogP contribution in [0.2, 0.25) is 0 Å². The average Bonchev–Trinajstić information content (AvgIpc) is 2.68. The van der Waals surface area contributed by atoms with E-state index in [9.17, 15) is 17.1 Å². The standard InChI is InChI=1S/C9H11FN4O3S2/c1-18-9-12-5-11-8(13-9)14-3-6(2-7(14)15)4-19(10,16)17/h5-6H,2-4H2,1H3. The van der Waals surface area contributed by atoms with Crippen molar-refractivity contribution in [1.82, 2.24) is 15.0 Å². The van der Waals surface area contributed by atoms with Crippen molar-refractivity contribution in [3.8, 4) is 0 Å². The number of anilines is 1. The molecule has 2 heterocycles. The lowest BCUT2D eigenvalue weighted by Crippen LogP contribution is -2.27. The number of nitrogens with zero attached hydrogens (tertiary/aromatic N) is 4. The summed E-state index contributed by atoms with van der Waals surface area (Å²) in [4.78, 5) is 24.8. The van der Waals surface area contributed by atoms with Crippen LogP contribution in [0, 0.1) is 5.92 Å². The van der Waals surface area contributed by atoms with Crippen LogP contribution in [0.4, 0.5) is 9.83 Å². The Hall–Kier alpha value is -1.29. The lowest BCUT2D eigenvalue weighted by molar-refractivity contribution is -0.117. The first-order valence-corrected chi connectivity index (χ1v) is 8.12. The van der Waals surface area contributed by atoms with Gasteiger partial charge in [-0.25, -0.2) is 9.97 Å². The number of halogens is 1. The van der Waals surface area contributed by atoms with Gasteiger partial charge in [-0.2, -0.15) is 13.4 Å². The van der Waals surface area contributed by atoms with E-state index < -0.39 is 21.9 Å². The Labute approximate surface area is 113 Å². The van der Waals surface area contributed by atoms with Gasteiger partial charge in [-0.05, 0) is 6.26 Å². The first kappa shape index (κ1) is 14.1. The van der Waals surface area contributed by atoms with Crippen LogP contribution in [0.15, 0.2) is 11.5 Å². The molecule has 0 spiro atoms. The molecule has 1 fully saturated rings. The number of carbonyl (C=O) groups is 1. The van der Waals surface area contributed by atoms with E-state index in [-0.39, 0.29) is 24.8 Å². The number of rotatable bonds is 4. The fraction of sp³-hybridized carbons (Fsp3) is 0.556. The predicted molar refractivity (Wildman–Crippen MR) is 67.0 cm³/mol. The Morgan fingerprint density at radius 3 is 2.89 bits per heavy atom. The molecule has 0 aromatic carbocycles. The second-order valence-corrected chi connectivity index (χ2v) is 6.24. The van der Waals surface area contributed by atoms with Gasteiger partial charge in [0, 0.05) is 18.9 Å². The first-order valence-electron chi connectivity index (χ1n) is 5.35. The van der Waals surface area contributed by atoms with Gasteiger partial charge in [0.1, 0.15) is 6.33 Å². The first-order chi connectivity index (χ1) is 8.89. The van der Waals surface area contributed by atoms with Gasteiger partial charge in [-0.1, -0.05) is 11.8 Å². The maximum Gasteiger partial charge on any atom is 0.302 e. The molecule has 1 amide bonds. The summed E-state index contributed by atoms with van der Waals surface area (Å²) in [5, 5.41) is 0.458. The third kappa shape index (κ3) is 3.60. The molecule has 1 atom stereocenters. The summed E-state index contributed by atoms with van der Waals surface area (Å²) >= 11 is 1.30. The number of hydrogen-bond acceptors (Lipinski definition) is 7. The molecule has 19 heavy (non-hydrogen) atoms. The largest absolute Gasteiger partial charge is 0.302 e. The molecule has 0 radical (unpaired) electrons. The molecule has 1 aromatic heterocycles. The van der Waals surface area contributed by atoms with Gasteiger partial charge in [0.15, 0.2) is 5.16 Å². The highest BCUT2D eigenvalue weighted by Gasteiger charge is 2.35. The average molecular weight is 306 g/mol. The number of amides is 1. The lowest BCUT2D eigenvalue weighted by atomic mass is 10.1. The Balaban J connectivity index is 2.15. The molecule has 1 saturated heterocycles. The summed E-state index contributed by atoms with van der Waals surface area (Å²) in [5.74, 6) is -1.37.